The third kappa shape index (κ3) is 5.54. The Bertz CT molecular complexity index is 1260. The quantitative estimate of drug-likeness (QED) is 0.417. The van der Waals surface area contributed by atoms with Crippen molar-refractivity contribution in [3.8, 4) is 0 Å². The highest BCUT2D eigenvalue weighted by molar-refractivity contribution is 6.02. The lowest BCUT2D eigenvalue weighted by Crippen LogP contribution is -2.39. The number of benzene rings is 1. The second kappa shape index (κ2) is 10.6. The van der Waals surface area contributed by atoms with Gasteiger partial charge in [-0.05, 0) is 45.7 Å². The van der Waals surface area contributed by atoms with Crippen molar-refractivity contribution in [2.45, 2.75) is 51.2 Å². The molecule has 2 unspecified atom stereocenters. The van der Waals surface area contributed by atoms with E-state index in [1.165, 1.54) is 16.8 Å². The number of carbonyl (C=O) groups excluding carboxylic acids is 2. The summed E-state index contributed by atoms with van der Waals surface area (Å²) in [5.74, 6) is -1.03. The molecule has 2 heterocycles. The van der Waals surface area contributed by atoms with E-state index in [2.05, 4.69) is 23.5 Å². The second-order valence-electron chi connectivity index (χ2n) is 9.37. The van der Waals surface area contributed by atoms with Crippen molar-refractivity contribution >= 4 is 29.3 Å². The molecular weight excluding hydrogens is 464 g/mol. The molecule has 0 saturated carbocycles. The van der Waals surface area contributed by atoms with Gasteiger partial charge in [0.25, 0.3) is 5.56 Å². The topological polar surface area (TPSA) is 131 Å². The summed E-state index contributed by atoms with van der Waals surface area (Å²) in [6.45, 7) is 12.4. The van der Waals surface area contributed by atoms with Gasteiger partial charge in [-0.25, -0.2) is 14.6 Å². The largest absolute Gasteiger partial charge is 0.465 e. The summed E-state index contributed by atoms with van der Waals surface area (Å²) in [6, 6.07) is 5.45. The zero-order valence-electron chi connectivity index (χ0n) is 20.6. The van der Waals surface area contributed by atoms with Crippen molar-refractivity contribution < 1.29 is 24.2 Å². The summed E-state index contributed by atoms with van der Waals surface area (Å²) in [4.78, 5) is 56.5. The molecule has 2 amide bonds. The number of rotatable bonds is 8. The standard InChI is InChI=1S/C26H30N4O6/c1-6-10-16-14-19(30-21(16)27-15-20(23(30)32)29(13-7-2)25(34)35)22(31)28-18-12-9-8-11-17(18)24(33)36-26(3,4)5/h6-9,11-12,15-16,19H,1-2,10,13-14H2,3-5H3,(H,28,31)(H,34,35). The van der Waals surface area contributed by atoms with E-state index in [-0.39, 0.29) is 35.8 Å². The number of esters is 1. The van der Waals surface area contributed by atoms with Gasteiger partial charge in [0.05, 0.1) is 17.4 Å². The average Bonchev–Trinajstić information content (AvgIpc) is 3.17. The molecule has 36 heavy (non-hydrogen) atoms. The van der Waals surface area contributed by atoms with Crippen LogP contribution in [0.2, 0.25) is 0 Å². The van der Waals surface area contributed by atoms with Crippen LogP contribution in [0.25, 0.3) is 0 Å². The number of nitrogens with zero attached hydrogens (tertiary/aromatic N) is 3. The second-order valence-corrected chi connectivity index (χ2v) is 9.37. The summed E-state index contributed by atoms with van der Waals surface area (Å²) < 4.78 is 6.68. The van der Waals surface area contributed by atoms with Gasteiger partial charge < -0.3 is 15.2 Å². The molecule has 0 spiro atoms. The molecule has 0 bridgehead atoms. The van der Waals surface area contributed by atoms with Crippen LogP contribution in [0.5, 0.6) is 0 Å². The average molecular weight is 495 g/mol. The van der Waals surface area contributed by atoms with Crippen LogP contribution in [-0.2, 0) is 9.53 Å². The first-order chi connectivity index (χ1) is 17.0. The Balaban J connectivity index is 2.01. The van der Waals surface area contributed by atoms with Gasteiger partial charge in [-0.1, -0.05) is 24.3 Å². The van der Waals surface area contributed by atoms with E-state index in [4.69, 9.17) is 4.74 Å². The number of fused-ring (bicyclic) bond motifs is 1. The highest BCUT2D eigenvalue weighted by Gasteiger charge is 2.38. The Kier molecular flexibility index (Phi) is 7.77. The van der Waals surface area contributed by atoms with E-state index >= 15 is 0 Å². The molecule has 0 saturated heterocycles. The molecular formula is C26H30N4O6. The fraction of sp³-hybridized carbons (Fsp3) is 0.346. The number of allylic oxidation sites excluding steroid dienone is 1. The molecule has 1 aliphatic rings. The third-order valence-electron chi connectivity index (χ3n) is 5.58. The molecule has 3 rings (SSSR count). The molecule has 0 radical (unpaired) electrons. The molecule has 2 N–H and O–H groups in total. The van der Waals surface area contributed by atoms with Crippen molar-refractivity contribution in [2.75, 3.05) is 16.8 Å². The van der Waals surface area contributed by atoms with Crippen molar-refractivity contribution in [2.24, 2.45) is 0 Å². The fourth-order valence-electron chi connectivity index (χ4n) is 4.10. The number of anilines is 2. The summed E-state index contributed by atoms with van der Waals surface area (Å²) in [5, 5.41) is 12.3. The molecule has 0 aliphatic carbocycles. The fourth-order valence-corrected chi connectivity index (χ4v) is 4.10. The van der Waals surface area contributed by atoms with E-state index in [9.17, 15) is 24.3 Å². The van der Waals surface area contributed by atoms with Gasteiger partial charge in [0.2, 0.25) is 5.91 Å². The Labute approximate surface area is 208 Å². The Morgan fingerprint density at radius 3 is 2.56 bits per heavy atom. The molecule has 1 aromatic carbocycles. The lowest BCUT2D eigenvalue weighted by molar-refractivity contribution is -0.119. The normalized spacial score (nSPS) is 16.5. The molecule has 10 heteroatoms. The number of carboxylic acid groups (broad SMARTS) is 1. The number of para-hydroxylation sites is 1. The first kappa shape index (κ1) is 26.4. The minimum atomic E-state index is -1.35. The number of hydrogen-bond donors (Lipinski definition) is 2. The van der Waals surface area contributed by atoms with Gasteiger partial charge in [-0.2, -0.15) is 0 Å². The maximum atomic E-state index is 13.5. The van der Waals surface area contributed by atoms with E-state index < -0.39 is 35.2 Å². The number of nitrogens with one attached hydrogen (secondary N) is 1. The lowest BCUT2D eigenvalue weighted by Gasteiger charge is -2.21. The van der Waals surface area contributed by atoms with Crippen LogP contribution in [0.4, 0.5) is 16.2 Å². The van der Waals surface area contributed by atoms with Gasteiger partial charge in [0.1, 0.15) is 23.2 Å². The van der Waals surface area contributed by atoms with Crippen LogP contribution in [0.15, 0.2) is 60.6 Å². The smallest absolute Gasteiger partial charge is 0.412 e. The minimum absolute atomic E-state index is 0.123. The molecule has 1 aliphatic heterocycles. The number of aromatic nitrogens is 2. The highest BCUT2D eigenvalue weighted by Crippen LogP contribution is 2.37. The van der Waals surface area contributed by atoms with Crippen LogP contribution in [-0.4, -0.2) is 44.8 Å². The van der Waals surface area contributed by atoms with Gasteiger partial charge in [-0.3, -0.25) is 19.1 Å². The van der Waals surface area contributed by atoms with Crippen molar-refractivity contribution in [3.63, 3.8) is 0 Å². The third-order valence-corrected chi connectivity index (χ3v) is 5.58. The number of hydrogen-bond acceptors (Lipinski definition) is 6. The molecule has 2 atom stereocenters. The molecule has 0 fully saturated rings. The van der Waals surface area contributed by atoms with E-state index in [0.717, 1.165) is 4.90 Å². The number of amides is 2. The minimum Gasteiger partial charge on any atom is -0.465 e. The van der Waals surface area contributed by atoms with Gasteiger partial charge in [0, 0.05) is 12.5 Å². The molecule has 1 aromatic heterocycles. The predicted molar refractivity (Wildman–Crippen MR) is 136 cm³/mol. The summed E-state index contributed by atoms with van der Waals surface area (Å²) in [5.41, 5.74) is -1.16. The Morgan fingerprint density at radius 2 is 1.94 bits per heavy atom. The van der Waals surface area contributed by atoms with E-state index in [1.54, 1.807) is 51.1 Å². The van der Waals surface area contributed by atoms with Crippen molar-refractivity contribution in [3.05, 3.63) is 77.5 Å². The van der Waals surface area contributed by atoms with E-state index in [0.29, 0.717) is 12.2 Å². The maximum absolute atomic E-state index is 13.5. The van der Waals surface area contributed by atoms with Crippen molar-refractivity contribution in [1.82, 2.24) is 9.55 Å². The first-order valence-electron chi connectivity index (χ1n) is 11.5. The van der Waals surface area contributed by atoms with Crippen LogP contribution < -0.4 is 15.8 Å². The zero-order chi connectivity index (χ0) is 26.6. The Hall–Kier alpha value is -4.21. The Morgan fingerprint density at radius 1 is 1.25 bits per heavy atom. The van der Waals surface area contributed by atoms with Crippen LogP contribution in [0, 0.1) is 0 Å². The van der Waals surface area contributed by atoms with Gasteiger partial charge >= 0.3 is 12.1 Å². The number of carbonyl (C=O) groups is 3. The monoisotopic (exact) mass is 494 g/mol. The summed E-state index contributed by atoms with van der Waals surface area (Å²) in [6.07, 6.45) is 3.62. The zero-order valence-corrected chi connectivity index (χ0v) is 20.6. The van der Waals surface area contributed by atoms with Crippen LogP contribution in [0.3, 0.4) is 0 Å². The predicted octanol–water partition coefficient (Wildman–Crippen LogP) is 4.11. The summed E-state index contributed by atoms with van der Waals surface area (Å²) >= 11 is 0. The molecule has 190 valence electrons. The number of ether oxygens (including phenoxy) is 1. The van der Waals surface area contributed by atoms with Gasteiger partial charge in [0.15, 0.2) is 0 Å². The molecule has 2 aromatic rings. The summed E-state index contributed by atoms with van der Waals surface area (Å²) in [7, 11) is 0. The van der Waals surface area contributed by atoms with E-state index in [1.807, 2.05) is 0 Å². The highest BCUT2D eigenvalue weighted by atomic mass is 16.6. The molecule has 10 nitrogen and oxygen atoms in total. The van der Waals surface area contributed by atoms with Gasteiger partial charge in [-0.15, -0.1) is 13.2 Å². The van der Waals surface area contributed by atoms with Crippen molar-refractivity contribution in [1.29, 1.82) is 0 Å². The van der Waals surface area contributed by atoms with Crippen LogP contribution >= 0.6 is 0 Å². The first-order valence-corrected chi connectivity index (χ1v) is 11.5. The SMILES string of the molecule is C=CCC1CC(C(=O)Nc2ccccc2C(=O)OC(C)(C)C)n2c1ncc(N(CC=C)C(=O)O)c2=O. The van der Waals surface area contributed by atoms with Crippen LogP contribution in [0.1, 0.15) is 61.8 Å². The lowest BCUT2D eigenvalue weighted by atomic mass is 10.00. The maximum Gasteiger partial charge on any atom is 0.412 e.